The Kier molecular flexibility index (Phi) is 6.74. The van der Waals surface area contributed by atoms with Crippen LogP contribution in [0.4, 0.5) is 23.7 Å². The Balaban J connectivity index is 1.56. The van der Waals surface area contributed by atoms with Gasteiger partial charge in [0.05, 0.1) is 16.8 Å². The van der Waals surface area contributed by atoms with Crippen molar-refractivity contribution in [1.82, 2.24) is 15.3 Å². The molecule has 0 aliphatic heterocycles. The first-order valence-corrected chi connectivity index (χ1v) is 11.3. The van der Waals surface area contributed by atoms with E-state index in [0.717, 1.165) is 25.3 Å². The van der Waals surface area contributed by atoms with Gasteiger partial charge in [-0.2, -0.15) is 18.4 Å². The molecule has 1 aliphatic rings. The van der Waals surface area contributed by atoms with Crippen LogP contribution < -0.4 is 10.6 Å². The lowest BCUT2D eigenvalue weighted by Crippen LogP contribution is -2.49. The molecule has 3 aromatic rings. The second kappa shape index (κ2) is 9.74. The van der Waals surface area contributed by atoms with Gasteiger partial charge in [-0.25, -0.2) is 14.8 Å². The Morgan fingerprint density at radius 2 is 1.80 bits per heavy atom. The van der Waals surface area contributed by atoms with Gasteiger partial charge in [0.1, 0.15) is 6.07 Å². The minimum atomic E-state index is -4.47. The van der Waals surface area contributed by atoms with E-state index in [1.54, 1.807) is 37.3 Å². The maximum atomic E-state index is 13.5. The molecule has 35 heavy (non-hydrogen) atoms. The molecule has 2 N–H and O–H groups in total. The number of aromatic nitrogens is 2. The molecule has 1 aliphatic carbocycles. The van der Waals surface area contributed by atoms with E-state index in [-0.39, 0.29) is 11.4 Å². The number of rotatable bonds is 4. The zero-order valence-electron chi connectivity index (χ0n) is 19.1. The van der Waals surface area contributed by atoms with Crippen LogP contribution in [-0.4, -0.2) is 16.0 Å². The Morgan fingerprint density at radius 3 is 2.49 bits per heavy atom. The van der Waals surface area contributed by atoms with Crippen molar-refractivity contribution in [2.45, 2.75) is 50.7 Å². The Morgan fingerprint density at radius 1 is 1.06 bits per heavy atom. The predicted molar refractivity (Wildman–Crippen MR) is 125 cm³/mol. The minimum Gasteiger partial charge on any atom is -0.327 e. The van der Waals surface area contributed by atoms with Crippen molar-refractivity contribution in [2.75, 3.05) is 5.32 Å². The van der Waals surface area contributed by atoms with Crippen molar-refractivity contribution in [1.29, 1.82) is 5.26 Å². The molecule has 1 aromatic heterocycles. The lowest BCUT2D eigenvalue weighted by atomic mass is 9.79. The summed E-state index contributed by atoms with van der Waals surface area (Å²) in [5.41, 5.74) is 0.749. The van der Waals surface area contributed by atoms with Crippen LogP contribution in [0.15, 0.2) is 54.7 Å². The van der Waals surface area contributed by atoms with Gasteiger partial charge >= 0.3 is 12.2 Å². The maximum absolute atomic E-state index is 13.5. The van der Waals surface area contributed by atoms with Crippen molar-refractivity contribution in [2.24, 2.45) is 0 Å². The van der Waals surface area contributed by atoms with Gasteiger partial charge in [-0.05, 0) is 60.7 Å². The Hall–Kier alpha value is -3.93. The molecule has 2 amide bonds. The van der Waals surface area contributed by atoms with E-state index in [1.807, 2.05) is 6.07 Å². The molecule has 0 atom stereocenters. The largest absolute Gasteiger partial charge is 0.417 e. The number of nitriles is 1. The normalized spacial score (nSPS) is 15.2. The average molecular weight is 480 g/mol. The molecule has 1 fully saturated rings. The second-order valence-electron chi connectivity index (χ2n) is 8.67. The smallest absolute Gasteiger partial charge is 0.327 e. The fourth-order valence-electron chi connectivity index (χ4n) is 4.67. The molecule has 0 saturated heterocycles. The zero-order chi connectivity index (χ0) is 25.1. The monoisotopic (exact) mass is 479 g/mol. The van der Waals surface area contributed by atoms with Gasteiger partial charge in [0, 0.05) is 11.9 Å². The van der Waals surface area contributed by atoms with Gasteiger partial charge in [0.2, 0.25) is 5.82 Å². The Bertz CT molecular complexity index is 1280. The highest BCUT2D eigenvalue weighted by Crippen LogP contribution is 2.39. The molecular weight excluding hydrogens is 455 g/mol. The van der Waals surface area contributed by atoms with Crippen LogP contribution in [0.5, 0.6) is 0 Å². The standard InChI is InChI=1S/C26H24F3N5O/c1-17-15-18(9-10-19(17)20-7-3-4-8-21(20)26(27,28)29)32-24(35)34-25(12-5-2-6-13-25)22-11-14-31-23(16-30)33-22/h3-4,7-11,14-15H,2,5-6,12-13H2,1H3,(H2,32,34,35). The first kappa shape index (κ1) is 24.2. The fourth-order valence-corrected chi connectivity index (χ4v) is 4.67. The summed E-state index contributed by atoms with van der Waals surface area (Å²) < 4.78 is 40.4. The molecule has 4 rings (SSSR count). The molecule has 0 bridgehead atoms. The van der Waals surface area contributed by atoms with Crippen LogP contribution in [0.2, 0.25) is 0 Å². The molecule has 6 nitrogen and oxygen atoms in total. The minimum absolute atomic E-state index is 0.0417. The van der Waals surface area contributed by atoms with Gasteiger partial charge in [0.25, 0.3) is 0 Å². The third-order valence-electron chi connectivity index (χ3n) is 6.31. The van der Waals surface area contributed by atoms with E-state index in [2.05, 4.69) is 20.6 Å². The van der Waals surface area contributed by atoms with Crippen LogP contribution in [0.25, 0.3) is 11.1 Å². The van der Waals surface area contributed by atoms with E-state index in [9.17, 15) is 23.2 Å². The van der Waals surface area contributed by atoms with Gasteiger partial charge in [0.15, 0.2) is 0 Å². The highest BCUT2D eigenvalue weighted by molar-refractivity contribution is 5.90. The van der Waals surface area contributed by atoms with Gasteiger partial charge in [-0.1, -0.05) is 43.5 Å². The van der Waals surface area contributed by atoms with Crippen LogP contribution in [0, 0.1) is 18.3 Å². The number of aryl methyl sites for hydroxylation is 1. The number of halogens is 3. The number of benzene rings is 2. The third-order valence-corrected chi connectivity index (χ3v) is 6.31. The number of urea groups is 1. The molecule has 0 radical (unpaired) electrons. The summed E-state index contributed by atoms with van der Waals surface area (Å²) in [5, 5.41) is 15.0. The summed E-state index contributed by atoms with van der Waals surface area (Å²) in [5.74, 6) is 0.0417. The van der Waals surface area contributed by atoms with E-state index in [0.29, 0.717) is 35.3 Å². The topological polar surface area (TPSA) is 90.7 Å². The van der Waals surface area contributed by atoms with E-state index >= 15 is 0 Å². The molecule has 0 spiro atoms. The van der Waals surface area contributed by atoms with E-state index in [1.165, 1.54) is 18.3 Å². The number of hydrogen-bond acceptors (Lipinski definition) is 4. The van der Waals surface area contributed by atoms with Crippen LogP contribution >= 0.6 is 0 Å². The second-order valence-corrected chi connectivity index (χ2v) is 8.67. The maximum Gasteiger partial charge on any atom is 0.417 e. The van der Waals surface area contributed by atoms with Gasteiger partial charge < -0.3 is 10.6 Å². The number of carbonyl (C=O) groups excluding carboxylic acids is 1. The summed E-state index contributed by atoms with van der Waals surface area (Å²) in [6, 6.07) is 13.4. The van der Waals surface area contributed by atoms with Crippen molar-refractivity contribution >= 4 is 11.7 Å². The van der Waals surface area contributed by atoms with E-state index in [4.69, 9.17) is 0 Å². The number of hydrogen-bond donors (Lipinski definition) is 2. The summed E-state index contributed by atoms with van der Waals surface area (Å²) in [6.45, 7) is 1.71. The first-order valence-electron chi connectivity index (χ1n) is 11.3. The highest BCUT2D eigenvalue weighted by atomic mass is 19.4. The molecule has 2 aromatic carbocycles. The molecule has 9 heteroatoms. The van der Waals surface area contributed by atoms with Crippen LogP contribution in [0.3, 0.4) is 0 Å². The first-order chi connectivity index (χ1) is 16.7. The zero-order valence-corrected chi connectivity index (χ0v) is 19.1. The number of anilines is 1. The van der Waals surface area contributed by atoms with Crippen molar-refractivity contribution in [3.05, 3.63) is 77.4 Å². The number of amides is 2. The van der Waals surface area contributed by atoms with Gasteiger partial charge in [-0.15, -0.1) is 0 Å². The number of alkyl halides is 3. The SMILES string of the molecule is Cc1cc(NC(=O)NC2(c3ccnc(C#N)n3)CCCCC2)ccc1-c1ccccc1C(F)(F)F. The van der Waals surface area contributed by atoms with Crippen molar-refractivity contribution in [3.8, 4) is 17.2 Å². The summed E-state index contributed by atoms with van der Waals surface area (Å²) in [7, 11) is 0. The quantitative estimate of drug-likeness (QED) is 0.458. The molecule has 180 valence electrons. The third kappa shape index (κ3) is 5.27. The van der Waals surface area contributed by atoms with Crippen LogP contribution in [0.1, 0.15) is 54.7 Å². The fraction of sp³-hybridized carbons (Fsp3) is 0.308. The molecule has 1 saturated carbocycles. The van der Waals surface area contributed by atoms with Crippen molar-refractivity contribution in [3.63, 3.8) is 0 Å². The number of nitrogens with one attached hydrogen (secondary N) is 2. The predicted octanol–water partition coefficient (Wildman–Crippen LogP) is 6.32. The summed E-state index contributed by atoms with van der Waals surface area (Å²) in [6.07, 6.45) is 1.24. The van der Waals surface area contributed by atoms with Crippen LogP contribution in [-0.2, 0) is 11.7 Å². The Labute approximate surface area is 201 Å². The number of carbonyl (C=O) groups is 1. The molecule has 1 heterocycles. The lowest BCUT2D eigenvalue weighted by molar-refractivity contribution is -0.137. The van der Waals surface area contributed by atoms with E-state index < -0.39 is 23.3 Å². The lowest BCUT2D eigenvalue weighted by Gasteiger charge is -2.37. The summed E-state index contributed by atoms with van der Waals surface area (Å²) >= 11 is 0. The summed E-state index contributed by atoms with van der Waals surface area (Å²) in [4.78, 5) is 21.2. The van der Waals surface area contributed by atoms with Crippen molar-refractivity contribution < 1.29 is 18.0 Å². The number of nitrogens with zero attached hydrogens (tertiary/aromatic N) is 3. The highest BCUT2D eigenvalue weighted by Gasteiger charge is 2.37. The molecule has 0 unspecified atom stereocenters. The molecular formula is C26H24F3N5O. The average Bonchev–Trinajstić information content (AvgIpc) is 2.84. The van der Waals surface area contributed by atoms with Gasteiger partial charge in [-0.3, -0.25) is 0 Å².